The van der Waals surface area contributed by atoms with Gasteiger partial charge in [0.2, 0.25) is 0 Å². The fourth-order valence-electron chi connectivity index (χ4n) is 1.45. The van der Waals surface area contributed by atoms with Crippen molar-refractivity contribution in [2.75, 3.05) is 13.1 Å². The maximum atomic E-state index is 4.30. The van der Waals surface area contributed by atoms with E-state index >= 15 is 0 Å². The average molecular weight is 198 g/mol. The fraction of sp³-hybridized carbons (Fsp3) is 0.700. The molecule has 0 fully saturated rings. The topological polar surface area (TPSA) is 16.1 Å². The molecule has 74 valence electrons. The Morgan fingerprint density at radius 2 is 2.00 bits per heavy atom. The molecule has 0 N–H and O–H groups in total. The predicted molar refractivity (Wildman–Crippen MR) is 58.0 cm³/mol. The van der Waals surface area contributed by atoms with Crippen LogP contribution in [0.15, 0.2) is 10.9 Å². The van der Waals surface area contributed by atoms with Gasteiger partial charge in [-0.1, -0.05) is 13.8 Å². The van der Waals surface area contributed by atoms with Crippen LogP contribution < -0.4 is 0 Å². The van der Waals surface area contributed by atoms with Gasteiger partial charge in [0, 0.05) is 11.9 Å². The summed E-state index contributed by atoms with van der Waals surface area (Å²) >= 11 is 1.68. The van der Waals surface area contributed by atoms with Crippen molar-refractivity contribution in [2.24, 2.45) is 0 Å². The van der Waals surface area contributed by atoms with E-state index in [1.54, 1.807) is 11.3 Å². The second-order valence-corrected chi connectivity index (χ2v) is 3.97. The van der Waals surface area contributed by atoms with Crippen LogP contribution in [0, 0.1) is 0 Å². The number of hydrogen-bond donors (Lipinski definition) is 0. The van der Waals surface area contributed by atoms with Gasteiger partial charge in [0.05, 0.1) is 11.2 Å². The van der Waals surface area contributed by atoms with Gasteiger partial charge in [-0.2, -0.15) is 0 Å². The van der Waals surface area contributed by atoms with Crippen LogP contribution in [0.4, 0.5) is 0 Å². The van der Waals surface area contributed by atoms with Crippen LogP contribution in [0.2, 0.25) is 0 Å². The van der Waals surface area contributed by atoms with Crippen molar-refractivity contribution < 1.29 is 0 Å². The van der Waals surface area contributed by atoms with Crippen molar-refractivity contribution in [3.8, 4) is 0 Å². The molecule has 0 bridgehead atoms. The van der Waals surface area contributed by atoms with Crippen LogP contribution in [0.3, 0.4) is 0 Å². The SMILES string of the molecule is CCCN(CCC)Cc1cscn1. The molecule has 0 radical (unpaired) electrons. The largest absolute Gasteiger partial charge is 0.298 e. The lowest BCUT2D eigenvalue weighted by atomic mass is 10.3. The molecule has 0 aromatic carbocycles. The van der Waals surface area contributed by atoms with Crippen molar-refractivity contribution in [3.63, 3.8) is 0 Å². The zero-order valence-electron chi connectivity index (χ0n) is 8.49. The molecule has 1 aromatic heterocycles. The highest BCUT2D eigenvalue weighted by Crippen LogP contribution is 2.06. The monoisotopic (exact) mass is 198 g/mol. The molecule has 0 aliphatic carbocycles. The number of rotatable bonds is 6. The third-order valence-electron chi connectivity index (χ3n) is 1.95. The maximum absolute atomic E-state index is 4.30. The molecule has 1 heterocycles. The molecule has 1 aromatic rings. The third kappa shape index (κ3) is 3.87. The first-order chi connectivity index (χ1) is 6.36. The van der Waals surface area contributed by atoms with E-state index in [9.17, 15) is 0 Å². The molecule has 0 saturated carbocycles. The third-order valence-corrected chi connectivity index (χ3v) is 2.58. The fourth-order valence-corrected chi connectivity index (χ4v) is 2.00. The molecule has 0 aliphatic rings. The summed E-state index contributed by atoms with van der Waals surface area (Å²) in [5.74, 6) is 0. The van der Waals surface area contributed by atoms with Crippen molar-refractivity contribution in [2.45, 2.75) is 33.2 Å². The lowest BCUT2D eigenvalue weighted by Gasteiger charge is -2.19. The number of nitrogens with zero attached hydrogens (tertiary/aromatic N) is 2. The zero-order valence-corrected chi connectivity index (χ0v) is 9.31. The first kappa shape index (κ1) is 10.7. The normalized spacial score (nSPS) is 11.0. The molecule has 0 atom stereocenters. The summed E-state index contributed by atoms with van der Waals surface area (Å²) in [5, 5.41) is 2.14. The molecule has 0 aliphatic heterocycles. The summed E-state index contributed by atoms with van der Waals surface area (Å²) in [4.78, 5) is 6.76. The van der Waals surface area contributed by atoms with E-state index in [0.29, 0.717) is 0 Å². The summed E-state index contributed by atoms with van der Waals surface area (Å²) in [6, 6.07) is 0. The van der Waals surface area contributed by atoms with E-state index in [-0.39, 0.29) is 0 Å². The van der Waals surface area contributed by atoms with E-state index in [0.717, 1.165) is 6.54 Å². The Kier molecular flexibility index (Phi) is 5.01. The Morgan fingerprint density at radius 3 is 2.46 bits per heavy atom. The van der Waals surface area contributed by atoms with E-state index in [1.165, 1.54) is 31.6 Å². The Labute approximate surface area is 84.6 Å². The van der Waals surface area contributed by atoms with Gasteiger partial charge in [-0.15, -0.1) is 11.3 Å². The first-order valence-corrected chi connectivity index (χ1v) is 5.90. The van der Waals surface area contributed by atoms with Crippen LogP contribution >= 0.6 is 11.3 Å². The highest BCUT2D eigenvalue weighted by Gasteiger charge is 2.04. The van der Waals surface area contributed by atoms with Crippen molar-refractivity contribution >= 4 is 11.3 Å². The molecular formula is C10H18N2S. The zero-order chi connectivity index (χ0) is 9.52. The van der Waals surface area contributed by atoms with Crippen molar-refractivity contribution in [3.05, 3.63) is 16.6 Å². The quantitative estimate of drug-likeness (QED) is 0.698. The van der Waals surface area contributed by atoms with E-state index in [1.807, 2.05) is 5.51 Å². The smallest absolute Gasteiger partial charge is 0.0795 e. The van der Waals surface area contributed by atoms with Gasteiger partial charge < -0.3 is 0 Å². The Balaban J connectivity index is 2.37. The minimum atomic E-state index is 1.02. The number of aromatic nitrogens is 1. The molecule has 0 amide bonds. The van der Waals surface area contributed by atoms with Crippen LogP contribution in [-0.4, -0.2) is 23.0 Å². The average Bonchev–Trinajstić information content (AvgIpc) is 2.58. The Hall–Kier alpha value is -0.410. The minimum Gasteiger partial charge on any atom is -0.298 e. The van der Waals surface area contributed by atoms with Crippen LogP contribution in [-0.2, 0) is 6.54 Å². The molecule has 3 heteroatoms. The van der Waals surface area contributed by atoms with Crippen LogP contribution in [0.25, 0.3) is 0 Å². The van der Waals surface area contributed by atoms with Crippen molar-refractivity contribution in [1.82, 2.24) is 9.88 Å². The lowest BCUT2D eigenvalue weighted by molar-refractivity contribution is 0.264. The molecular weight excluding hydrogens is 180 g/mol. The van der Waals surface area contributed by atoms with Gasteiger partial charge in [0.15, 0.2) is 0 Å². The Bertz CT molecular complexity index is 203. The van der Waals surface area contributed by atoms with Crippen LogP contribution in [0.1, 0.15) is 32.4 Å². The van der Waals surface area contributed by atoms with Crippen LogP contribution in [0.5, 0.6) is 0 Å². The summed E-state index contributed by atoms with van der Waals surface area (Å²) in [5.41, 5.74) is 3.12. The van der Waals surface area contributed by atoms with Gasteiger partial charge in [-0.05, 0) is 25.9 Å². The highest BCUT2D eigenvalue weighted by atomic mass is 32.1. The second-order valence-electron chi connectivity index (χ2n) is 3.26. The maximum Gasteiger partial charge on any atom is 0.0795 e. The molecule has 0 spiro atoms. The summed E-state index contributed by atoms with van der Waals surface area (Å²) in [6.45, 7) is 7.84. The molecule has 0 saturated heterocycles. The van der Waals surface area contributed by atoms with E-state index in [2.05, 4.69) is 29.1 Å². The van der Waals surface area contributed by atoms with Gasteiger partial charge in [-0.25, -0.2) is 4.98 Å². The van der Waals surface area contributed by atoms with E-state index < -0.39 is 0 Å². The van der Waals surface area contributed by atoms with Gasteiger partial charge >= 0.3 is 0 Å². The summed E-state index contributed by atoms with van der Waals surface area (Å²) in [6.07, 6.45) is 2.45. The Morgan fingerprint density at radius 1 is 1.31 bits per heavy atom. The van der Waals surface area contributed by atoms with Gasteiger partial charge in [0.25, 0.3) is 0 Å². The number of hydrogen-bond acceptors (Lipinski definition) is 3. The molecule has 2 nitrogen and oxygen atoms in total. The number of thiazole rings is 1. The minimum absolute atomic E-state index is 1.02. The highest BCUT2D eigenvalue weighted by molar-refractivity contribution is 7.07. The second kappa shape index (κ2) is 6.11. The molecule has 0 unspecified atom stereocenters. The van der Waals surface area contributed by atoms with Gasteiger partial charge in [0.1, 0.15) is 0 Å². The van der Waals surface area contributed by atoms with E-state index in [4.69, 9.17) is 0 Å². The standard InChI is InChI=1S/C10H18N2S/c1-3-5-12(6-4-2)7-10-8-13-9-11-10/h8-9H,3-7H2,1-2H3. The predicted octanol–water partition coefficient (Wildman–Crippen LogP) is 2.77. The summed E-state index contributed by atoms with van der Waals surface area (Å²) in [7, 11) is 0. The summed E-state index contributed by atoms with van der Waals surface area (Å²) < 4.78 is 0. The van der Waals surface area contributed by atoms with Gasteiger partial charge in [-0.3, -0.25) is 4.90 Å². The molecule has 1 rings (SSSR count). The van der Waals surface area contributed by atoms with Crippen molar-refractivity contribution in [1.29, 1.82) is 0 Å². The first-order valence-electron chi connectivity index (χ1n) is 4.96. The molecule has 13 heavy (non-hydrogen) atoms. The lowest BCUT2D eigenvalue weighted by Crippen LogP contribution is -2.24.